The summed E-state index contributed by atoms with van der Waals surface area (Å²) in [6.07, 6.45) is 2.02. The average Bonchev–Trinajstić information content (AvgIpc) is 3.44. The van der Waals surface area contributed by atoms with Crippen molar-refractivity contribution in [1.29, 1.82) is 0 Å². The lowest BCUT2D eigenvalue weighted by Gasteiger charge is -2.12. The van der Waals surface area contributed by atoms with Crippen molar-refractivity contribution >= 4 is 11.6 Å². The van der Waals surface area contributed by atoms with Crippen molar-refractivity contribution in [3.05, 3.63) is 36.4 Å². The summed E-state index contributed by atoms with van der Waals surface area (Å²) in [5, 5.41) is 15.2. The van der Waals surface area contributed by atoms with Crippen LogP contribution >= 0.6 is 0 Å². The molecule has 1 N–H and O–H groups in total. The summed E-state index contributed by atoms with van der Waals surface area (Å²) in [6, 6.07) is 10.7. The summed E-state index contributed by atoms with van der Waals surface area (Å²) >= 11 is 0. The molecule has 0 fully saturated rings. The fourth-order valence-corrected chi connectivity index (χ4v) is 3.09. The maximum Gasteiger partial charge on any atom is 0.248 e. The number of fused-ring (bicyclic) bond motifs is 1. The Morgan fingerprint density at radius 3 is 2.81 bits per heavy atom. The van der Waals surface area contributed by atoms with Crippen LogP contribution in [-0.4, -0.2) is 46.1 Å². The minimum atomic E-state index is -0.289. The molecule has 3 aromatic rings. The molecule has 1 aromatic heterocycles. The molecule has 2 heterocycles. The summed E-state index contributed by atoms with van der Waals surface area (Å²) in [4.78, 5) is 13.6. The van der Waals surface area contributed by atoms with Gasteiger partial charge in [-0.1, -0.05) is 13.3 Å². The van der Waals surface area contributed by atoms with Gasteiger partial charge in [-0.25, -0.2) is 0 Å². The Bertz CT molecular complexity index is 1080. The fourth-order valence-electron chi connectivity index (χ4n) is 3.09. The molecule has 0 radical (unpaired) electrons. The van der Waals surface area contributed by atoms with Gasteiger partial charge in [-0.05, 0) is 48.9 Å². The Hall–Kier alpha value is -3.82. The second kappa shape index (κ2) is 9.99. The van der Waals surface area contributed by atoms with Gasteiger partial charge in [-0.2, -0.15) is 4.80 Å². The zero-order valence-electron chi connectivity index (χ0n) is 18.0. The van der Waals surface area contributed by atoms with Crippen molar-refractivity contribution in [3.8, 4) is 34.4 Å². The van der Waals surface area contributed by atoms with Crippen LogP contribution in [0, 0.1) is 0 Å². The summed E-state index contributed by atoms with van der Waals surface area (Å²) < 4.78 is 22.1. The minimum absolute atomic E-state index is 0.0853. The van der Waals surface area contributed by atoms with E-state index in [2.05, 4.69) is 27.7 Å². The van der Waals surface area contributed by atoms with E-state index < -0.39 is 0 Å². The molecule has 2 aromatic carbocycles. The number of ether oxygens (including phenoxy) is 4. The number of rotatable bonds is 10. The molecule has 0 bridgehead atoms. The van der Waals surface area contributed by atoms with Gasteiger partial charge >= 0.3 is 0 Å². The second-order valence-corrected chi connectivity index (χ2v) is 7.06. The van der Waals surface area contributed by atoms with Crippen molar-refractivity contribution < 1.29 is 23.7 Å². The molecule has 1 aliphatic heterocycles. The summed E-state index contributed by atoms with van der Waals surface area (Å²) in [6.45, 7) is 5.25. The van der Waals surface area contributed by atoms with Gasteiger partial charge in [-0.15, -0.1) is 10.2 Å². The normalized spacial score (nSPS) is 11.9. The number of carbonyl (C=O) groups is 1. The molecule has 0 saturated carbocycles. The van der Waals surface area contributed by atoms with Gasteiger partial charge in [0, 0.05) is 17.3 Å². The number of tetrazole rings is 1. The molecule has 0 unspecified atom stereocenters. The smallest absolute Gasteiger partial charge is 0.248 e. The third-order valence-electron chi connectivity index (χ3n) is 4.65. The Morgan fingerprint density at radius 1 is 1.09 bits per heavy atom. The third kappa shape index (κ3) is 5.08. The summed E-state index contributed by atoms with van der Waals surface area (Å²) in [7, 11) is 0. The van der Waals surface area contributed by atoms with Gasteiger partial charge < -0.3 is 24.3 Å². The van der Waals surface area contributed by atoms with Crippen LogP contribution in [0.4, 0.5) is 5.69 Å². The van der Waals surface area contributed by atoms with Crippen molar-refractivity contribution in [2.45, 2.75) is 33.2 Å². The topological polar surface area (TPSA) is 110 Å². The highest BCUT2D eigenvalue weighted by atomic mass is 16.7. The van der Waals surface area contributed by atoms with Gasteiger partial charge in [0.2, 0.25) is 18.5 Å². The zero-order chi connectivity index (χ0) is 22.3. The van der Waals surface area contributed by atoms with E-state index in [9.17, 15) is 4.79 Å². The minimum Gasteiger partial charge on any atom is -0.490 e. The van der Waals surface area contributed by atoms with Crippen molar-refractivity contribution in [2.24, 2.45) is 0 Å². The van der Waals surface area contributed by atoms with Crippen LogP contribution in [0.1, 0.15) is 26.7 Å². The van der Waals surface area contributed by atoms with E-state index in [-0.39, 0.29) is 19.2 Å². The van der Waals surface area contributed by atoms with E-state index in [1.54, 1.807) is 18.2 Å². The third-order valence-corrected chi connectivity index (χ3v) is 4.65. The van der Waals surface area contributed by atoms with E-state index in [0.717, 1.165) is 18.4 Å². The van der Waals surface area contributed by atoms with Gasteiger partial charge in [0.25, 0.3) is 0 Å². The summed E-state index contributed by atoms with van der Waals surface area (Å²) in [5.41, 5.74) is 1.32. The largest absolute Gasteiger partial charge is 0.490 e. The first-order valence-corrected chi connectivity index (χ1v) is 10.5. The maximum atomic E-state index is 12.4. The van der Waals surface area contributed by atoms with Gasteiger partial charge in [0.15, 0.2) is 23.0 Å². The van der Waals surface area contributed by atoms with E-state index >= 15 is 0 Å². The monoisotopic (exact) mass is 439 g/mol. The van der Waals surface area contributed by atoms with Crippen molar-refractivity contribution in [3.63, 3.8) is 0 Å². The fraction of sp³-hybridized carbons (Fsp3) is 0.364. The first-order chi connectivity index (χ1) is 15.7. The van der Waals surface area contributed by atoms with Crippen molar-refractivity contribution in [2.75, 3.05) is 25.3 Å². The lowest BCUT2D eigenvalue weighted by atomic mass is 10.2. The van der Waals surface area contributed by atoms with E-state index in [4.69, 9.17) is 18.9 Å². The molecular weight excluding hydrogens is 414 g/mol. The molecule has 168 valence electrons. The highest BCUT2D eigenvalue weighted by Crippen LogP contribution is 2.34. The molecular formula is C22H25N5O5. The number of amides is 1. The van der Waals surface area contributed by atoms with Crippen LogP contribution in [0.2, 0.25) is 0 Å². The van der Waals surface area contributed by atoms with Crippen LogP contribution in [0.15, 0.2) is 36.4 Å². The Morgan fingerprint density at radius 2 is 1.97 bits per heavy atom. The Labute approximate surface area is 185 Å². The highest BCUT2D eigenvalue weighted by molar-refractivity contribution is 5.90. The van der Waals surface area contributed by atoms with E-state index in [0.29, 0.717) is 47.7 Å². The molecule has 0 spiro atoms. The Kier molecular flexibility index (Phi) is 6.69. The summed E-state index contributed by atoms with van der Waals surface area (Å²) in [5.74, 6) is 2.65. The SMILES string of the molecule is CCCCOc1ccc(-c2nnn(CC(=O)Nc3ccc4c(c3)OCO4)n2)cc1OCC. The zero-order valence-corrected chi connectivity index (χ0v) is 18.0. The molecule has 4 rings (SSSR count). The van der Waals surface area contributed by atoms with Gasteiger partial charge in [0.1, 0.15) is 6.54 Å². The van der Waals surface area contributed by atoms with Gasteiger partial charge in [0.05, 0.1) is 13.2 Å². The molecule has 0 saturated heterocycles. The first kappa shape index (κ1) is 21.4. The molecule has 10 nitrogen and oxygen atoms in total. The first-order valence-electron chi connectivity index (χ1n) is 10.5. The molecule has 0 atom stereocenters. The number of nitrogens with zero attached hydrogens (tertiary/aromatic N) is 4. The average molecular weight is 439 g/mol. The van der Waals surface area contributed by atoms with E-state index in [1.807, 2.05) is 25.1 Å². The molecule has 0 aliphatic carbocycles. The number of nitrogens with one attached hydrogen (secondary N) is 1. The number of anilines is 1. The van der Waals surface area contributed by atoms with Crippen LogP contribution in [0.25, 0.3) is 11.4 Å². The number of aromatic nitrogens is 4. The number of hydrogen-bond acceptors (Lipinski definition) is 8. The second-order valence-electron chi connectivity index (χ2n) is 7.06. The quantitative estimate of drug-likeness (QED) is 0.479. The maximum absolute atomic E-state index is 12.4. The number of carbonyl (C=O) groups excluding carboxylic acids is 1. The van der Waals surface area contributed by atoms with Crippen LogP contribution in [0.5, 0.6) is 23.0 Å². The Balaban J connectivity index is 1.41. The predicted octanol–water partition coefficient (Wildman–Crippen LogP) is 3.29. The van der Waals surface area contributed by atoms with E-state index in [1.165, 1.54) is 4.80 Å². The number of unbranched alkanes of at least 4 members (excludes halogenated alkanes) is 1. The predicted molar refractivity (Wildman–Crippen MR) is 116 cm³/mol. The molecule has 1 amide bonds. The lowest BCUT2D eigenvalue weighted by Crippen LogP contribution is -2.20. The van der Waals surface area contributed by atoms with Gasteiger partial charge in [-0.3, -0.25) is 4.79 Å². The standard InChI is InChI=1S/C22H25N5O5/c1-3-5-10-30-17-8-6-15(11-19(17)29-4-2)22-24-26-27(25-22)13-21(28)23-16-7-9-18-20(12-16)32-14-31-18/h6-9,11-12H,3-5,10,13-14H2,1-2H3,(H,23,28). The highest BCUT2D eigenvalue weighted by Gasteiger charge is 2.16. The van der Waals surface area contributed by atoms with Crippen LogP contribution in [0.3, 0.4) is 0 Å². The molecule has 32 heavy (non-hydrogen) atoms. The molecule has 10 heteroatoms. The molecule has 1 aliphatic rings. The van der Waals surface area contributed by atoms with Crippen LogP contribution < -0.4 is 24.3 Å². The number of benzene rings is 2. The van der Waals surface area contributed by atoms with Crippen molar-refractivity contribution in [1.82, 2.24) is 20.2 Å². The lowest BCUT2D eigenvalue weighted by molar-refractivity contribution is -0.117. The van der Waals surface area contributed by atoms with Crippen LogP contribution in [-0.2, 0) is 11.3 Å². The number of hydrogen-bond donors (Lipinski definition) is 1.